The molecule has 0 aromatic carbocycles. The summed E-state index contributed by atoms with van der Waals surface area (Å²) in [5, 5.41) is 1.36. The molecule has 2 heterocycles. The Morgan fingerprint density at radius 3 is 2.80 bits per heavy atom. The van der Waals surface area contributed by atoms with Gasteiger partial charge in [-0.05, 0) is 25.5 Å². The summed E-state index contributed by atoms with van der Waals surface area (Å²) >= 11 is 7.55. The first-order valence-corrected chi connectivity index (χ1v) is 7.52. The molecule has 0 radical (unpaired) electrons. The first-order chi connectivity index (χ1) is 9.49. The number of amides is 1. The number of hydrogen-bond acceptors (Lipinski definition) is 4. The largest absolute Gasteiger partial charge is 0.337 e. The van der Waals surface area contributed by atoms with Gasteiger partial charge in [0, 0.05) is 29.4 Å². The van der Waals surface area contributed by atoms with Crippen molar-refractivity contribution >= 4 is 28.8 Å². The van der Waals surface area contributed by atoms with E-state index in [1.165, 1.54) is 0 Å². The van der Waals surface area contributed by atoms with Crippen LogP contribution in [0.15, 0.2) is 18.3 Å². The predicted octanol–water partition coefficient (Wildman–Crippen LogP) is 3.33. The van der Waals surface area contributed by atoms with E-state index >= 15 is 0 Å². The van der Waals surface area contributed by atoms with E-state index in [0.717, 1.165) is 22.0 Å². The fourth-order valence-corrected chi connectivity index (χ4v) is 2.93. The molecule has 106 valence electrons. The van der Waals surface area contributed by atoms with Gasteiger partial charge in [-0.2, -0.15) is 0 Å². The van der Waals surface area contributed by atoms with Crippen molar-refractivity contribution < 1.29 is 4.79 Å². The van der Waals surface area contributed by atoms with Crippen molar-refractivity contribution in [3.8, 4) is 0 Å². The quantitative estimate of drug-likeness (QED) is 0.814. The van der Waals surface area contributed by atoms with E-state index in [9.17, 15) is 4.79 Å². The first-order valence-electron chi connectivity index (χ1n) is 6.33. The topological polar surface area (TPSA) is 46.1 Å². The third kappa shape index (κ3) is 3.55. The number of aryl methyl sites for hydroxylation is 2. The normalized spacial score (nSPS) is 10.6. The molecule has 1 amide bonds. The van der Waals surface area contributed by atoms with E-state index in [4.69, 9.17) is 11.6 Å². The molecule has 4 nitrogen and oxygen atoms in total. The highest BCUT2D eigenvalue weighted by Gasteiger charge is 2.15. The number of nitrogens with zero attached hydrogens (tertiary/aromatic N) is 3. The van der Waals surface area contributed by atoms with E-state index < -0.39 is 0 Å². The lowest BCUT2D eigenvalue weighted by molar-refractivity contribution is 0.0786. The smallest absolute Gasteiger partial charge is 0.254 e. The minimum absolute atomic E-state index is 0.0601. The number of carbonyl (C=O) groups is 1. The second kappa shape index (κ2) is 6.33. The molecule has 0 atom stereocenters. The maximum atomic E-state index is 12.4. The molecule has 2 aromatic heterocycles. The molecular formula is C14H16ClN3OS. The van der Waals surface area contributed by atoms with Gasteiger partial charge in [0.05, 0.1) is 11.6 Å². The average molecular weight is 310 g/mol. The molecule has 0 bridgehead atoms. The standard InChI is InChI=1S/C14H16ClN3OS/c1-4-11-5-10(6-13(15)17-11)14(19)18(3)8-12-7-16-9(2)20-12/h5-7H,4,8H2,1-3H3. The van der Waals surface area contributed by atoms with Gasteiger partial charge in [-0.1, -0.05) is 18.5 Å². The summed E-state index contributed by atoms with van der Waals surface area (Å²) in [5.74, 6) is -0.0601. The number of hydrogen-bond donors (Lipinski definition) is 0. The Kier molecular flexibility index (Phi) is 4.73. The van der Waals surface area contributed by atoms with E-state index in [0.29, 0.717) is 17.3 Å². The fourth-order valence-electron chi connectivity index (χ4n) is 1.86. The van der Waals surface area contributed by atoms with Gasteiger partial charge in [0.2, 0.25) is 0 Å². The highest BCUT2D eigenvalue weighted by Crippen LogP contribution is 2.17. The molecule has 0 aliphatic heterocycles. The van der Waals surface area contributed by atoms with Crippen molar-refractivity contribution in [1.29, 1.82) is 0 Å². The highest BCUT2D eigenvalue weighted by atomic mass is 35.5. The lowest BCUT2D eigenvalue weighted by atomic mass is 10.2. The molecular weight excluding hydrogens is 294 g/mol. The number of halogens is 1. The van der Waals surface area contributed by atoms with Crippen LogP contribution in [0.2, 0.25) is 5.15 Å². The van der Waals surface area contributed by atoms with Crippen LogP contribution in [0.1, 0.15) is 32.9 Å². The van der Waals surface area contributed by atoms with E-state index in [1.54, 1.807) is 41.6 Å². The van der Waals surface area contributed by atoms with Crippen LogP contribution in [0, 0.1) is 6.92 Å². The molecule has 6 heteroatoms. The molecule has 0 aliphatic carbocycles. The van der Waals surface area contributed by atoms with Gasteiger partial charge >= 0.3 is 0 Å². The first kappa shape index (κ1) is 14.9. The monoisotopic (exact) mass is 309 g/mol. The summed E-state index contributed by atoms with van der Waals surface area (Å²) in [6.45, 7) is 4.48. The van der Waals surface area contributed by atoms with Crippen LogP contribution in [-0.2, 0) is 13.0 Å². The lowest BCUT2D eigenvalue weighted by Gasteiger charge is -2.16. The average Bonchev–Trinajstić information content (AvgIpc) is 2.82. The Labute approximate surface area is 127 Å². The minimum atomic E-state index is -0.0601. The molecule has 0 N–H and O–H groups in total. The maximum absolute atomic E-state index is 12.4. The summed E-state index contributed by atoms with van der Waals surface area (Å²) in [4.78, 5) is 23.5. The van der Waals surface area contributed by atoms with Gasteiger partial charge in [-0.3, -0.25) is 4.79 Å². The zero-order chi connectivity index (χ0) is 14.7. The van der Waals surface area contributed by atoms with Crippen molar-refractivity contribution in [1.82, 2.24) is 14.9 Å². The number of thiazole rings is 1. The van der Waals surface area contributed by atoms with Crippen LogP contribution < -0.4 is 0 Å². The van der Waals surface area contributed by atoms with Gasteiger partial charge in [0.15, 0.2) is 0 Å². The van der Waals surface area contributed by atoms with Crippen molar-refractivity contribution in [2.75, 3.05) is 7.05 Å². The molecule has 2 aromatic rings. The SMILES string of the molecule is CCc1cc(C(=O)N(C)Cc2cnc(C)s2)cc(Cl)n1. The van der Waals surface area contributed by atoms with Crippen LogP contribution in [0.5, 0.6) is 0 Å². The minimum Gasteiger partial charge on any atom is -0.337 e. The zero-order valence-corrected chi connectivity index (χ0v) is 13.3. The number of carbonyl (C=O) groups excluding carboxylic acids is 1. The van der Waals surface area contributed by atoms with E-state index in [2.05, 4.69) is 9.97 Å². The predicted molar refractivity (Wildman–Crippen MR) is 81.3 cm³/mol. The molecule has 0 fully saturated rings. The van der Waals surface area contributed by atoms with E-state index in [1.807, 2.05) is 13.8 Å². The van der Waals surface area contributed by atoms with Crippen molar-refractivity contribution in [2.24, 2.45) is 0 Å². The highest BCUT2D eigenvalue weighted by molar-refractivity contribution is 7.11. The summed E-state index contributed by atoms with van der Waals surface area (Å²) < 4.78 is 0. The number of pyridine rings is 1. The van der Waals surface area contributed by atoms with Gasteiger partial charge in [0.25, 0.3) is 5.91 Å². The Bertz CT molecular complexity index is 627. The second-order valence-corrected chi connectivity index (χ2v) is 6.24. The van der Waals surface area contributed by atoms with Crippen LogP contribution >= 0.6 is 22.9 Å². The number of aromatic nitrogens is 2. The van der Waals surface area contributed by atoms with Crippen molar-refractivity contribution in [3.05, 3.63) is 44.6 Å². The lowest BCUT2D eigenvalue weighted by Crippen LogP contribution is -2.26. The summed E-state index contributed by atoms with van der Waals surface area (Å²) in [7, 11) is 1.78. The molecule has 0 spiro atoms. The molecule has 0 saturated carbocycles. The molecule has 20 heavy (non-hydrogen) atoms. The van der Waals surface area contributed by atoms with Gasteiger partial charge in [-0.15, -0.1) is 11.3 Å². The summed E-state index contributed by atoms with van der Waals surface area (Å²) in [6, 6.07) is 3.40. The third-order valence-corrected chi connectivity index (χ3v) is 3.96. The van der Waals surface area contributed by atoms with Crippen LogP contribution in [0.4, 0.5) is 0 Å². The maximum Gasteiger partial charge on any atom is 0.254 e. The van der Waals surface area contributed by atoms with Crippen LogP contribution in [0.3, 0.4) is 0 Å². The zero-order valence-electron chi connectivity index (χ0n) is 11.7. The Morgan fingerprint density at radius 1 is 1.45 bits per heavy atom. The molecule has 0 aliphatic rings. The Morgan fingerprint density at radius 2 is 2.20 bits per heavy atom. The molecule has 0 unspecified atom stereocenters. The number of rotatable bonds is 4. The summed E-state index contributed by atoms with van der Waals surface area (Å²) in [6.07, 6.45) is 2.55. The third-order valence-electron chi connectivity index (χ3n) is 2.87. The summed E-state index contributed by atoms with van der Waals surface area (Å²) in [5.41, 5.74) is 1.40. The second-order valence-electron chi connectivity index (χ2n) is 4.53. The van der Waals surface area contributed by atoms with E-state index in [-0.39, 0.29) is 5.91 Å². The van der Waals surface area contributed by atoms with Crippen LogP contribution in [0.25, 0.3) is 0 Å². The molecule has 0 saturated heterocycles. The Hall–Kier alpha value is -1.46. The van der Waals surface area contributed by atoms with Crippen LogP contribution in [-0.4, -0.2) is 27.8 Å². The molecule has 2 rings (SSSR count). The fraction of sp³-hybridized carbons (Fsp3) is 0.357. The van der Waals surface area contributed by atoms with Crippen molar-refractivity contribution in [2.45, 2.75) is 26.8 Å². The van der Waals surface area contributed by atoms with Gasteiger partial charge in [-0.25, -0.2) is 9.97 Å². The van der Waals surface area contributed by atoms with Gasteiger partial charge < -0.3 is 4.90 Å². The van der Waals surface area contributed by atoms with Crippen molar-refractivity contribution in [3.63, 3.8) is 0 Å². The Balaban J connectivity index is 2.15. The van der Waals surface area contributed by atoms with Gasteiger partial charge in [0.1, 0.15) is 5.15 Å².